The molecule has 1 saturated heterocycles. The summed E-state index contributed by atoms with van der Waals surface area (Å²) in [4.78, 5) is 15.1. The molecule has 8 heteroatoms. The van der Waals surface area contributed by atoms with Gasteiger partial charge in [0.1, 0.15) is 10.6 Å². The van der Waals surface area contributed by atoms with Crippen molar-refractivity contribution in [2.24, 2.45) is 11.3 Å². The van der Waals surface area contributed by atoms with E-state index in [1.165, 1.54) is 35.2 Å². The monoisotopic (exact) mass is 533 g/mol. The zero-order chi connectivity index (χ0) is 26.3. The van der Waals surface area contributed by atoms with Gasteiger partial charge in [0.15, 0.2) is 9.84 Å². The SMILES string of the molecule is C=CC(C1CC1)N(C(=O)C(C)(C)C)c1ccc(C2(S(=O)(=O)c3ccc(Cl)cc3)CCOCC2)cc1F. The lowest BCUT2D eigenvalue weighted by Crippen LogP contribution is -2.47. The van der Waals surface area contributed by atoms with Crippen LogP contribution in [0.1, 0.15) is 52.0 Å². The van der Waals surface area contributed by atoms with E-state index in [0.717, 1.165) is 12.8 Å². The average molecular weight is 534 g/mol. The highest BCUT2D eigenvalue weighted by Gasteiger charge is 2.48. The van der Waals surface area contributed by atoms with Crippen LogP contribution >= 0.6 is 11.6 Å². The standard InChI is InChI=1S/C28H33ClFNO4S/c1-5-24(19-6-7-19)31(26(32)27(2,3)4)25-13-8-20(18-23(25)30)28(14-16-35-17-15-28)36(33,34)22-11-9-21(29)10-12-22/h5,8-13,18-19,24H,1,6-7,14-17H2,2-4H3. The van der Waals surface area contributed by atoms with Crippen molar-refractivity contribution in [2.45, 2.75) is 62.1 Å². The van der Waals surface area contributed by atoms with Crippen LogP contribution in [0.15, 0.2) is 60.0 Å². The van der Waals surface area contributed by atoms with Gasteiger partial charge in [-0.15, -0.1) is 6.58 Å². The fourth-order valence-corrected chi connectivity index (χ4v) is 7.16. The van der Waals surface area contributed by atoms with Gasteiger partial charge < -0.3 is 9.64 Å². The molecule has 0 radical (unpaired) electrons. The smallest absolute Gasteiger partial charge is 0.233 e. The summed E-state index contributed by atoms with van der Waals surface area (Å²) in [6.45, 7) is 9.81. The number of hydrogen-bond donors (Lipinski definition) is 0. The quantitative estimate of drug-likeness (QED) is 0.392. The topological polar surface area (TPSA) is 63.7 Å². The molecule has 2 aromatic rings. The molecule has 1 heterocycles. The Bertz CT molecular complexity index is 1240. The average Bonchev–Trinajstić information content (AvgIpc) is 3.68. The van der Waals surface area contributed by atoms with E-state index >= 15 is 4.39 Å². The maximum atomic E-state index is 15.9. The molecule has 1 unspecified atom stereocenters. The van der Waals surface area contributed by atoms with Gasteiger partial charge in [0, 0.05) is 23.7 Å². The van der Waals surface area contributed by atoms with Gasteiger partial charge in [-0.25, -0.2) is 12.8 Å². The van der Waals surface area contributed by atoms with Crippen LogP contribution in [0.2, 0.25) is 5.02 Å². The summed E-state index contributed by atoms with van der Waals surface area (Å²) in [5.41, 5.74) is -0.241. The summed E-state index contributed by atoms with van der Waals surface area (Å²) in [5.74, 6) is -0.602. The largest absolute Gasteiger partial charge is 0.381 e. The number of benzene rings is 2. The lowest BCUT2D eigenvalue weighted by Gasteiger charge is -2.38. The maximum absolute atomic E-state index is 15.9. The molecule has 2 fully saturated rings. The molecule has 5 nitrogen and oxygen atoms in total. The van der Waals surface area contributed by atoms with E-state index in [1.54, 1.807) is 39.0 Å². The first-order valence-electron chi connectivity index (χ1n) is 12.3. The van der Waals surface area contributed by atoms with E-state index in [1.807, 2.05) is 0 Å². The van der Waals surface area contributed by atoms with Crippen molar-refractivity contribution in [3.05, 3.63) is 71.5 Å². The second kappa shape index (κ2) is 9.92. The van der Waals surface area contributed by atoms with Gasteiger partial charge in [-0.05, 0) is 73.6 Å². The van der Waals surface area contributed by atoms with E-state index < -0.39 is 25.8 Å². The first kappa shape index (κ1) is 26.8. The normalized spacial score (nSPS) is 18.9. The summed E-state index contributed by atoms with van der Waals surface area (Å²) in [6.07, 6.45) is 4.00. The van der Waals surface area contributed by atoms with Crippen LogP contribution in [-0.2, 0) is 24.1 Å². The number of ether oxygens (including phenoxy) is 1. The number of amides is 1. The molecule has 1 atom stereocenters. The molecule has 4 rings (SSSR count). The van der Waals surface area contributed by atoms with Gasteiger partial charge in [-0.1, -0.05) is 44.5 Å². The molecule has 1 aliphatic carbocycles. The van der Waals surface area contributed by atoms with Crippen LogP contribution in [0.3, 0.4) is 0 Å². The van der Waals surface area contributed by atoms with Crippen LogP contribution in [-0.4, -0.2) is 33.6 Å². The van der Waals surface area contributed by atoms with Crippen LogP contribution in [0.5, 0.6) is 0 Å². The second-order valence-corrected chi connectivity index (χ2v) is 13.4. The molecule has 2 aromatic carbocycles. The van der Waals surface area contributed by atoms with Crippen molar-refractivity contribution in [3.8, 4) is 0 Å². The zero-order valence-corrected chi connectivity index (χ0v) is 22.5. The minimum Gasteiger partial charge on any atom is -0.381 e. The lowest BCUT2D eigenvalue weighted by atomic mass is 9.89. The second-order valence-electron chi connectivity index (χ2n) is 10.7. The van der Waals surface area contributed by atoms with Crippen molar-refractivity contribution < 1.29 is 22.3 Å². The van der Waals surface area contributed by atoms with Gasteiger partial charge in [0.25, 0.3) is 0 Å². The predicted molar refractivity (Wildman–Crippen MR) is 140 cm³/mol. The summed E-state index contributed by atoms with van der Waals surface area (Å²) in [6, 6.07) is 10.2. The number of nitrogens with zero attached hydrogens (tertiary/aromatic N) is 1. The molecule has 36 heavy (non-hydrogen) atoms. The number of rotatable bonds is 7. The Labute approximate surface area is 218 Å². The van der Waals surface area contributed by atoms with E-state index in [2.05, 4.69) is 6.58 Å². The van der Waals surface area contributed by atoms with Crippen molar-refractivity contribution in [3.63, 3.8) is 0 Å². The van der Waals surface area contributed by atoms with Gasteiger partial charge in [-0.3, -0.25) is 4.79 Å². The van der Waals surface area contributed by atoms with Crippen LogP contribution in [0, 0.1) is 17.2 Å². The Morgan fingerprint density at radius 3 is 2.28 bits per heavy atom. The molecule has 0 aromatic heterocycles. The van der Waals surface area contributed by atoms with Gasteiger partial charge in [0.2, 0.25) is 5.91 Å². The van der Waals surface area contributed by atoms with E-state index in [9.17, 15) is 13.2 Å². The molecule has 0 N–H and O–H groups in total. The fourth-order valence-electron chi connectivity index (χ4n) is 4.95. The lowest BCUT2D eigenvalue weighted by molar-refractivity contribution is -0.126. The summed E-state index contributed by atoms with van der Waals surface area (Å²) < 4.78 is 48.0. The number of hydrogen-bond acceptors (Lipinski definition) is 4. The third-order valence-electron chi connectivity index (χ3n) is 7.18. The van der Waals surface area contributed by atoms with E-state index in [4.69, 9.17) is 16.3 Å². The Kier molecular flexibility index (Phi) is 7.39. The van der Waals surface area contributed by atoms with Crippen LogP contribution in [0.4, 0.5) is 10.1 Å². The third kappa shape index (κ3) is 4.85. The first-order valence-corrected chi connectivity index (χ1v) is 14.1. The van der Waals surface area contributed by atoms with E-state index in [-0.39, 0.29) is 54.5 Å². The van der Waals surface area contributed by atoms with Crippen LogP contribution < -0.4 is 4.90 Å². The zero-order valence-electron chi connectivity index (χ0n) is 21.0. The summed E-state index contributed by atoms with van der Waals surface area (Å²) in [7, 11) is -3.91. The Morgan fingerprint density at radius 2 is 1.78 bits per heavy atom. The molecule has 2 aliphatic rings. The minimum absolute atomic E-state index is 0.128. The van der Waals surface area contributed by atoms with Crippen molar-refractivity contribution >= 4 is 33.0 Å². The predicted octanol–water partition coefficient (Wildman–Crippen LogP) is 6.30. The van der Waals surface area contributed by atoms with Crippen LogP contribution in [0.25, 0.3) is 0 Å². The molecule has 0 bridgehead atoms. The van der Waals surface area contributed by atoms with Gasteiger partial charge >= 0.3 is 0 Å². The molecule has 1 saturated carbocycles. The highest BCUT2D eigenvalue weighted by atomic mass is 35.5. The van der Waals surface area contributed by atoms with Crippen molar-refractivity contribution in [2.75, 3.05) is 18.1 Å². The highest BCUT2D eigenvalue weighted by Crippen LogP contribution is 2.46. The van der Waals surface area contributed by atoms with E-state index in [0.29, 0.717) is 10.6 Å². The van der Waals surface area contributed by atoms with Crippen molar-refractivity contribution in [1.29, 1.82) is 0 Å². The third-order valence-corrected chi connectivity index (χ3v) is 9.99. The van der Waals surface area contributed by atoms with Gasteiger partial charge in [-0.2, -0.15) is 0 Å². The first-order chi connectivity index (χ1) is 16.9. The molecule has 0 spiro atoms. The molecule has 1 aliphatic heterocycles. The molecular formula is C28H33ClFNO4S. The molecular weight excluding hydrogens is 501 g/mol. The Balaban J connectivity index is 1.82. The fraction of sp³-hybridized carbons (Fsp3) is 0.464. The summed E-state index contributed by atoms with van der Waals surface area (Å²) in [5, 5.41) is 0.432. The number of carbonyl (C=O) groups excluding carboxylic acids is 1. The number of anilines is 1. The van der Waals surface area contributed by atoms with Gasteiger partial charge in [0.05, 0.1) is 16.6 Å². The molecule has 194 valence electrons. The van der Waals surface area contributed by atoms with Crippen molar-refractivity contribution in [1.82, 2.24) is 0 Å². The Hall–Kier alpha value is -2.22. The molecule has 1 amide bonds. The highest BCUT2D eigenvalue weighted by molar-refractivity contribution is 7.92. The number of carbonyl (C=O) groups is 1. The number of halogens is 2. The Morgan fingerprint density at radius 1 is 1.17 bits per heavy atom. The number of sulfone groups is 1. The minimum atomic E-state index is -3.91. The summed E-state index contributed by atoms with van der Waals surface area (Å²) >= 11 is 5.99. The maximum Gasteiger partial charge on any atom is 0.233 e.